The zero-order valence-electron chi connectivity index (χ0n) is 16.2. The first-order chi connectivity index (χ1) is 14.7. The van der Waals surface area contributed by atoms with Crippen LogP contribution in [-0.4, -0.2) is 16.4 Å². The SMILES string of the molecule is CC(=Nc1ccc(Cl)cc1Cl)c1cccc(C(C)=Nc2ccc(Cl)cc2Cl)n1.[Cl][Fe][Cl]. The van der Waals surface area contributed by atoms with Gasteiger partial charge in [-0.3, -0.25) is 0 Å². The molecule has 31 heavy (non-hydrogen) atoms. The van der Waals surface area contributed by atoms with Gasteiger partial charge in [-0.15, -0.1) is 0 Å². The third kappa shape index (κ3) is 8.24. The van der Waals surface area contributed by atoms with E-state index in [0.717, 1.165) is 22.8 Å². The molecule has 0 saturated carbocycles. The number of halogens is 6. The Labute approximate surface area is 216 Å². The van der Waals surface area contributed by atoms with Crippen molar-refractivity contribution in [2.24, 2.45) is 9.98 Å². The molecule has 0 aliphatic carbocycles. The molecule has 0 bridgehead atoms. The first-order valence-electron chi connectivity index (χ1n) is 8.58. The fraction of sp³-hybridized carbons (Fsp3) is 0.0952. The summed E-state index contributed by atoms with van der Waals surface area (Å²) in [6.45, 7) is 3.75. The maximum absolute atomic E-state index is 6.21. The Morgan fingerprint density at radius 1 is 0.710 bits per heavy atom. The van der Waals surface area contributed by atoms with Crippen LogP contribution in [0.25, 0.3) is 0 Å². The second kappa shape index (κ2) is 13.0. The van der Waals surface area contributed by atoms with Crippen molar-refractivity contribution in [1.29, 1.82) is 0 Å². The van der Waals surface area contributed by atoms with Gasteiger partial charge in [-0.2, -0.15) is 0 Å². The summed E-state index contributed by atoms with van der Waals surface area (Å²) in [6.07, 6.45) is 0. The van der Waals surface area contributed by atoms with Gasteiger partial charge in [-0.1, -0.05) is 52.5 Å². The summed E-state index contributed by atoms with van der Waals surface area (Å²) in [7, 11) is 9.53. The predicted molar refractivity (Wildman–Crippen MR) is 133 cm³/mol. The first kappa shape index (κ1) is 26.4. The minimum atomic E-state index is 0.194. The van der Waals surface area contributed by atoms with E-state index in [9.17, 15) is 0 Å². The number of hydrogen-bond donors (Lipinski definition) is 0. The Bertz CT molecular complexity index is 1040. The zero-order valence-corrected chi connectivity index (χ0v) is 21.8. The standard InChI is InChI=1S/C21H15Cl4N3.2ClH.Fe/c1-12(26-20-8-6-14(22)10-16(20)24)18-4-3-5-19(28-18)13(2)27-21-9-7-15(23)11-17(21)25;;;/h3-11H,1-2H3;2*1H;/q;;;+2/p-2. The number of aliphatic imine (C=N–C) groups is 2. The Morgan fingerprint density at radius 3 is 1.45 bits per heavy atom. The van der Waals surface area contributed by atoms with E-state index in [2.05, 4.69) is 15.0 Å². The molecule has 164 valence electrons. The van der Waals surface area contributed by atoms with E-state index >= 15 is 0 Å². The van der Waals surface area contributed by atoms with E-state index in [4.69, 9.17) is 66.6 Å². The van der Waals surface area contributed by atoms with Gasteiger partial charge in [0.15, 0.2) is 0 Å². The fourth-order valence-electron chi connectivity index (χ4n) is 2.46. The molecule has 3 nitrogen and oxygen atoms in total. The first-order valence-corrected chi connectivity index (χ1v) is 13.1. The van der Waals surface area contributed by atoms with Crippen molar-refractivity contribution in [1.82, 2.24) is 4.98 Å². The molecular weight excluding hydrogens is 563 g/mol. The van der Waals surface area contributed by atoms with E-state index in [1.807, 2.05) is 32.0 Å². The Morgan fingerprint density at radius 2 is 1.10 bits per heavy atom. The molecule has 0 aliphatic rings. The zero-order chi connectivity index (χ0) is 23.0. The van der Waals surface area contributed by atoms with Crippen LogP contribution in [0, 0.1) is 0 Å². The second-order valence-corrected chi connectivity index (χ2v) is 9.56. The third-order valence-electron chi connectivity index (χ3n) is 3.89. The molecule has 2 aromatic carbocycles. The van der Waals surface area contributed by atoms with Crippen molar-refractivity contribution < 1.29 is 13.1 Å². The molecule has 1 aromatic heterocycles. The Kier molecular flexibility index (Phi) is 11.1. The average Bonchev–Trinajstić information content (AvgIpc) is 2.72. The molecule has 0 spiro atoms. The fourth-order valence-corrected chi connectivity index (χ4v) is 3.36. The summed E-state index contributed by atoms with van der Waals surface area (Å²) in [4.78, 5) is 13.8. The topological polar surface area (TPSA) is 37.6 Å². The second-order valence-electron chi connectivity index (χ2n) is 6.04. The van der Waals surface area contributed by atoms with E-state index < -0.39 is 0 Å². The molecule has 3 rings (SSSR count). The number of aromatic nitrogens is 1. The van der Waals surface area contributed by atoms with Crippen LogP contribution in [0.4, 0.5) is 11.4 Å². The van der Waals surface area contributed by atoms with Gasteiger partial charge in [-0.25, -0.2) is 15.0 Å². The predicted octanol–water partition coefficient (Wildman–Crippen LogP) is 9.35. The van der Waals surface area contributed by atoms with E-state index in [1.165, 1.54) is 0 Å². The number of hydrogen-bond acceptors (Lipinski definition) is 3. The van der Waals surface area contributed by atoms with E-state index in [0.29, 0.717) is 31.5 Å². The molecule has 0 saturated heterocycles. The molecular formula is C21H15Cl6FeN3. The number of pyridine rings is 1. The summed E-state index contributed by atoms with van der Waals surface area (Å²) in [5.74, 6) is 0. The van der Waals surface area contributed by atoms with Crippen LogP contribution in [0.3, 0.4) is 0 Å². The van der Waals surface area contributed by atoms with Crippen LogP contribution in [0.15, 0.2) is 64.6 Å². The molecule has 0 amide bonds. The van der Waals surface area contributed by atoms with Gasteiger partial charge in [0.05, 0.1) is 44.2 Å². The van der Waals surface area contributed by atoms with Crippen LogP contribution < -0.4 is 0 Å². The molecule has 3 aromatic rings. The van der Waals surface area contributed by atoms with Crippen LogP contribution in [0.2, 0.25) is 20.1 Å². The van der Waals surface area contributed by atoms with Gasteiger partial charge >= 0.3 is 33.3 Å². The normalized spacial score (nSPS) is 11.9. The molecule has 0 atom stereocenters. The molecule has 0 N–H and O–H groups in total. The van der Waals surface area contributed by atoms with Gasteiger partial charge < -0.3 is 0 Å². The summed E-state index contributed by atoms with van der Waals surface area (Å²) in [5, 5.41) is 2.10. The van der Waals surface area contributed by atoms with Crippen molar-refractivity contribution >= 4 is 89.4 Å². The van der Waals surface area contributed by atoms with Crippen molar-refractivity contribution in [3.63, 3.8) is 0 Å². The number of rotatable bonds is 4. The quantitative estimate of drug-likeness (QED) is 0.225. The average molecular weight is 578 g/mol. The van der Waals surface area contributed by atoms with Gasteiger partial charge in [0.25, 0.3) is 0 Å². The van der Waals surface area contributed by atoms with Gasteiger partial charge in [-0.05, 0) is 62.4 Å². The molecule has 0 radical (unpaired) electrons. The van der Waals surface area contributed by atoms with Gasteiger partial charge in [0.2, 0.25) is 0 Å². The molecule has 0 unspecified atom stereocenters. The van der Waals surface area contributed by atoms with Gasteiger partial charge in [0.1, 0.15) is 0 Å². The maximum atomic E-state index is 6.21. The van der Waals surface area contributed by atoms with Crippen molar-refractivity contribution in [2.75, 3.05) is 0 Å². The van der Waals surface area contributed by atoms with Crippen molar-refractivity contribution in [2.45, 2.75) is 13.8 Å². The van der Waals surface area contributed by atoms with Crippen LogP contribution in [0.5, 0.6) is 0 Å². The summed E-state index contributed by atoms with van der Waals surface area (Å²) in [6, 6.07) is 16.0. The van der Waals surface area contributed by atoms with Crippen LogP contribution in [-0.2, 0) is 13.1 Å². The van der Waals surface area contributed by atoms with E-state index in [-0.39, 0.29) is 13.1 Å². The summed E-state index contributed by atoms with van der Waals surface area (Å²) < 4.78 is 0. The van der Waals surface area contributed by atoms with Gasteiger partial charge in [0, 0.05) is 10.0 Å². The summed E-state index contributed by atoms with van der Waals surface area (Å²) >= 11 is 24.5. The minimum absolute atomic E-state index is 0.194. The number of nitrogens with zero attached hydrogens (tertiary/aromatic N) is 3. The van der Waals surface area contributed by atoms with Crippen LogP contribution >= 0.6 is 66.6 Å². The Hall–Kier alpha value is -0.811. The monoisotopic (exact) mass is 575 g/mol. The van der Waals surface area contributed by atoms with E-state index in [1.54, 1.807) is 36.4 Å². The van der Waals surface area contributed by atoms with Crippen molar-refractivity contribution in [3.8, 4) is 0 Å². The van der Waals surface area contributed by atoms with Crippen LogP contribution in [0.1, 0.15) is 25.2 Å². The molecule has 0 fully saturated rings. The molecule has 1 heterocycles. The Balaban J connectivity index is 0.00000107. The van der Waals surface area contributed by atoms with Crippen molar-refractivity contribution in [3.05, 3.63) is 86.1 Å². The summed E-state index contributed by atoms with van der Waals surface area (Å²) in [5.41, 5.74) is 4.16. The number of benzene rings is 2. The molecule has 10 heteroatoms. The molecule has 0 aliphatic heterocycles. The third-order valence-corrected chi connectivity index (χ3v) is 4.96.